The van der Waals surface area contributed by atoms with Crippen LogP contribution in [0.2, 0.25) is 0 Å². The highest BCUT2D eigenvalue weighted by molar-refractivity contribution is 6.01. The van der Waals surface area contributed by atoms with E-state index in [0.29, 0.717) is 30.9 Å². The minimum absolute atomic E-state index is 0.0210. The zero-order chi connectivity index (χ0) is 27.4. The number of methoxy groups -OCH3 is 1. The Labute approximate surface area is 231 Å². The summed E-state index contributed by atoms with van der Waals surface area (Å²) in [5, 5.41) is 7.31. The average Bonchev–Trinajstić information content (AvgIpc) is 3.10. The SMILES string of the molecule is CCCCOc1ccccc1C1Nc2ccccc2NC2=C1C(=O)CC(c1ccc(OC(C)C)c(OC)c1)C2. The number of para-hydroxylation sites is 3. The van der Waals surface area contributed by atoms with Gasteiger partial charge >= 0.3 is 0 Å². The van der Waals surface area contributed by atoms with Gasteiger partial charge in [-0.1, -0.05) is 49.7 Å². The molecular formula is C33H38N2O4. The molecule has 0 radical (unpaired) electrons. The molecule has 39 heavy (non-hydrogen) atoms. The number of hydrogen-bond donors (Lipinski definition) is 2. The number of rotatable bonds is 9. The van der Waals surface area contributed by atoms with E-state index in [2.05, 4.69) is 35.8 Å². The largest absolute Gasteiger partial charge is 0.493 e. The topological polar surface area (TPSA) is 68.8 Å². The number of carbonyl (C=O) groups is 1. The Morgan fingerprint density at radius 1 is 0.923 bits per heavy atom. The van der Waals surface area contributed by atoms with Crippen LogP contribution in [0.4, 0.5) is 11.4 Å². The molecule has 0 spiro atoms. The quantitative estimate of drug-likeness (QED) is 0.279. The standard InChI is InChI=1S/C33H38N2O4/c1-5-6-17-38-29-14-10-7-11-24(29)33-32-27(34-25-12-8-9-13-26(25)35-33)18-23(19-28(32)36)22-15-16-30(39-21(2)3)31(20-22)37-4/h7-16,20-21,23,33-35H,5-6,17-19H2,1-4H3. The van der Waals surface area contributed by atoms with Crippen LogP contribution in [0, 0.1) is 0 Å². The first-order valence-electron chi connectivity index (χ1n) is 13.9. The fourth-order valence-corrected chi connectivity index (χ4v) is 5.43. The van der Waals surface area contributed by atoms with E-state index in [9.17, 15) is 4.79 Å². The van der Waals surface area contributed by atoms with Crippen molar-refractivity contribution in [1.82, 2.24) is 0 Å². The predicted octanol–water partition coefficient (Wildman–Crippen LogP) is 7.64. The second-order valence-electron chi connectivity index (χ2n) is 10.5. The summed E-state index contributed by atoms with van der Waals surface area (Å²) in [5.74, 6) is 2.36. The first-order chi connectivity index (χ1) is 19.0. The van der Waals surface area contributed by atoms with Gasteiger partial charge in [-0.3, -0.25) is 4.79 Å². The summed E-state index contributed by atoms with van der Waals surface area (Å²) in [5.41, 5.74) is 5.69. The van der Waals surface area contributed by atoms with Crippen LogP contribution in [-0.2, 0) is 4.79 Å². The maximum atomic E-state index is 14.0. The first kappa shape index (κ1) is 26.7. The van der Waals surface area contributed by atoms with Crippen molar-refractivity contribution >= 4 is 17.2 Å². The summed E-state index contributed by atoms with van der Waals surface area (Å²) in [4.78, 5) is 14.0. The third-order valence-corrected chi connectivity index (χ3v) is 7.32. The molecule has 6 heteroatoms. The zero-order valence-electron chi connectivity index (χ0n) is 23.3. The number of fused-ring (bicyclic) bond motifs is 1. The number of carbonyl (C=O) groups excluding carboxylic acids is 1. The van der Waals surface area contributed by atoms with Crippen LogP contribution in [0.15, 0.2) is 78.0 Å². The number of Topliss-reactive ketones (excluding diaryl/α,β-unsaturated/α-hetero) is 1. The van der Waals surface area contributed by atoms with E-state index in [0.717, 1.165) is 52.4 Å². The first-order valence-corrected chi connectivity index (χ1v) is 13.9. The van der Waals surface area contributed by atoms with Gasteiger partial charge in [0.1, 0.15) is 5.75 Å². The highest BCUT2D eigenvalue weighted by Gasteiger charge is 2.37. The van der Waals surface area contributed by atoms with Crippen LogP contribution in [-0.4, -0.2) is 25.6 Å². The summed E-state index contributed by atoms with van der Waals surface area (Å²) < 4.78 is 17.8. The van der Waals surface area contributed by atoms with Crippen LogP contribution in [0.5, 0.6) is 17.2 Å². The molecule has 0 fully saturated rings. The van der Waals surface area contributed by atoms with Crippen LogP contribution >= 0.6 is 0 Å². The Bertz CT molecular complexity index is 1360. The van der Waals surface area contributed by atoms with Gasteiger partial charge in [-0.25, -0.2) is 0 Å². The Balaban J connectivity index is 1.54. The zero-order valence-corrected chi connectivity index (χ0v) is 23.3. The van der Waals surface area contributed by atoms with Crippen LogP contribution in [0.25, 0.3) is 0 Å². The van der Waals surface area contributed by atoms with E-state index >= 15 is 0 Å². The van der Waals surface area contributed by atoms with Crippen molar-refractivity contribution < 1.29 is 19.0 Å². The molecule has 2 aliphatic rings. The van der Waals surface area contributed by atoms with E-state index in [4.69, 9.17) is 14.2 Å². The molecule has 0 aromatic heterocycles. The van der Waals surface area contributed by atoms with Crippen LogP contribution in [0.3, 0.4) is 0 Å². The van der Waals surface area contributed by atoms with Crippen molar-refractivity contribution in [3.63, 3.8) is 0 Å². The number of unbranched alkanes of at least 4 members (excludes halogenated alkanes) is 1. The molecule has 3 aromatic rings. The van der Waals surface area contributed by atoms with Gasteiger partial charge in [0.2, 0.25) is 0 Å². The minimum atomic E-state index is -0.321. The van der Waals surface area contributed by atoms with Crippen LogP contribution in [0.1, 0.15) is 69.5 Å². The number of anilines is 2. The Hall–Kier alpha value is -3.93. The highest BCUT2D eigenvalue weighted by atomic mass is 16.5. The van der Waals surface area contributed by atoms with Gasteiger partial charge in [-0.2, -0.15) is 0 Å². The molecular weight excluding hydrogens is 488 g/mol. The van der Waals surface area contributed by atoms with Crippen molar-refractivity contribution in [3.05, 3.63) is 89.1 Å². The summed E-state index contributed by atoms with van der Waals surface area (Å²) in [6, 6.07) is 21.9. The molecule has 2 unspecified atom stereocenters. The monoisotopic (exact) mass is 526 g/mol. The van der Waals surface area contributed by atoms with Crippen molar-refractivity contribution in [3.8, 4) is 17.2 Å². The average molecular weight is 527 g/mol. The van der Waals surface area contributed by atoms with Crippen molar-refractivity contribution in [2.45, 2.75) is 64.5 Å². The highest BCUT2D eigenvalue weighted by Crippen LogP contribution is 2.46. The normalized spacial score (nSPS) is 18.4. The van der Waals surface area contributed by atoms with E-state index < -0.39 is 0 Å². The maximum absolute atomic E-state index is 14.0. The molecule has 2 N–H and O–H groups in total. The van der Waals surface area contributed by atoms with Crippen molar-refractivity contribution in [2.24, 2.45) is 0 Å². The lowest BCUT2D eigenvalue weighted by Gasteiger charge is -2.30. The number of benzene rings is 3. The fraction of sp³-hybridized carbons (Fsp3) is 0.364. The third-order valence-electron chi connectivity index (χ3n) is 7.32. The third kappa shape index (κ3) is 5.75. The molecule has 0 saturated carbocycles. The number of ether oxygens (including phenoxy) is 3. The summed E-state index contributed by atoms with van der Waals surface area (Å²) >= 11 is 0. The van der Waals surface area contributed by atoms with Gasteiger partial charge in [0.15, 0.2) is 17.3 Å². The second-order valence-corrected chi connectivity index (χ2v) is 10.5. The number of allylic oxidation sites excluding steroid dienone is 1. The lowest BCUT2D eigenvalue weighted by Crippen LogP contribution is -2.27. The van der Waals surface area contributed by atoms with E-state index in [1.807, 2.05) is 62.4 Å². The molecule has 2 atom stereocenters. The van der Waals surface area contributed by atoms with Crippen molar-refractivity contribution in [2.75, 3.05) is 24.4 Å². The fourth-order valence-electron chi connectivity index (χ4n) is 5.43. The van der Waals surface area contributed by atoms with Gasteiger partial charge in [0.25, 0.3) is 0 Å². The second kappa shape index (κ2) is 11.9. The van der Waals surface area contributed by atoms with Gasteiger partial charge < -0.3 is 24.8 Å². The number of nitrogens with one attached hydrogen (secondary N) is 2. The molecule has 0 bridgehead atoms. The summed E-state index contributed by atoms with van der Waals surface area (Å²) in [7, 11) is 1.65. The summed E-state index contributed by atoms with van der Waals surface area (Å²) in [6.07, 6.45) is 3.21. The molecule has 5 rings (SSSR count). The Morgan fingerprint density at radius 2 is 1.69 bits per heavy atom. The molecule has 1 aliphatic heterocycles. The Kier molecular flexibility index (Phi) is 8.10. The molecule has 0 amide bonds. The number of hydrogen-bond acceptors (Lipinski definition) is 6. The van der Waals surface area contributed by atoms with Gasteiger partial charge in [0, 0.05) is 23.3 Å². The van der Waals surface area contributed by atoms with E-state index in [-0.39, 0.29) is 23.8 Å². The Morgan fingerprint density at radius 3 is 2.46 bits per heavy atom. The predicted molar refractivity (Wildman–Crippen MR) is 156 cm³/mol. The van der Waals surface area contributed by atoms with Gasteiger partial charge in [0.05, 0.1) is 37.2 Å². The maximum Gasteiger partial charge on any atom is 0.163 e. The molecule has 0 saturated heterocycles. The van der Waals surface area contributed by atoms with E-state index in [1.54, 1.807) is 7.11 Å². The lowest BCUT2D eigenvalue weighted by atomic mass is 9.78. The lowest BCUT2D eigenvalue weighted by molar-refractivity contribution is -0.116. The summed E-state index contributed by atoms with van der Waals surface area (Å²) in [6.45, 7) is 6.79. The molecule has 1 aliphatic carbocycles. The van der Waals surface area contributed by atoms with Gasteiger partial charge in [-0.15, -0.1) is 0 Å². The molecule has 204 valence electrons. The van der Waals surface area contributed by atoms with Crippen LogP contribution < -0.4 is 24.8 Å². The van der Waals surface area contributed by atoms with Crippen molar-refractivity contribution in [1.29, 1.82) is 0 Å². The molecule has 3 aromatic carbocycles. The smallest absolute Gasteiger partial charge is 0.163 e. The molecule has 1 heterocycles. The minimum Gasteiger partial charge on any atom is -0.493 e. The van der Waals surface area contributed by atoms with Gasteiger partial charge in [-0.05, 0) is 68.5 Å². The molecule has 6 nitrogen and oxygen atoms in total. The van der Waals surface area contributed by atoms with E-state index in [1.165, 1.54) is 0 Å². The number of ketones is 1.